The minimum atomic E-state index is 0.176. The molecule has 0 aromatic rings. The van der Waals surface area contributed by atoms with Gasteiger partial charge in [0.05, 0.1) is 0 Å². The summed E-state index contributed by atoms with van der Waals surface area (Å²) in [6.45, 7) is 3.53. The zero-order valence-electron chi connectivity index (χ0n) is 8.21. The minimum Gasteiger partial charge on any atom is -0.324 e. The molecule has 1 aliphatic heterocycles. The summed E-state index contributed by atoms with van der Waals surface area (Å²) in [6.07, 6.45) is 5.29. The van der Waals surface area contributed by atoms with E-state index in [4.69, 9.17) is 5.73 Å². The minimum absolute atomic E-state index is 0.176. The van der Waals surface area contributed by atoms with Crippen LogP contribution in [0.25, 0.3) is 0 Å². The van der Waals surface area contributed by atoms with Gasteiger partial charge in [0.15, 0.2) is 0 Å². The van der Waals surface area contributed by atoms with Crippen molar-refractivity contribution in [2.24, 2.45) is 11.7 Å². The average Bonchev–Trinajstić information content (AvgIpc) is 2.61. The SMILES string of the molecule is CC1CC1(N)C1CCCCN1C. The van der Waals surface area contributed by atoms with Gasteiger partial charge >= 0.3 is 0 Å². The normalized spacial score (nSPS) is 49.2. The predicted molar refractivity (Wildman–Crippen MR) is 51.0 cm³/mol. The number of likely N-dealkylation sites (tertiary alicyclic amines) is 1. The summed E-state index contributed by atoms with van der Waals surface area (Å²) in [5.74, 6) is 0.753. The standard InChI is InChI=1S/C10H20N2/c1-8-7-10(8,11)9-5-3-4-6-12(9)2/h8-9H,3-7,11H2,1-2H3. The lowest BCUT2D eigenvalue weighted by Gasteiger charge is -2.37. The molecule has 2 nitrogen and oxygen atoms in total. The second-order valence-electron chi connectivity index (χ2n) is 4.71. The Kier molecular flexibility index (Phi) is 1.92. The molecular weight excluding hydrogens is 148 g/mol. The highest BCUT2D eigenvalue weighted by atomic mass is 15.2. The number of hydrogen-bond acceptors (Lipinski definition) is 2. The molecule has 12 heavy (non-hydrogen) atoms. The van der Waals surface area contributed by atoms with E-state index in [1.807, 2.05) is 0 Å². The zero-order valence-corrected chi connectivity index (χ0v) is 8.21. The molecule has 0 spiro atoms. The topological polar surface area (TPSA) is 29.3 Å². The van der Waals surface area contributed by atoms with E-state index in [1.54, 1.807) is 0 Å². The molecule has 1 saturated carbocycles. The summed E-state index contributed by atoms with van der Waals surface area (Å²) >= 11 is 0. The summed E-state index contributed by atoms with van der Waals surface area (Å²) < 4.78 is 0. The first-order valence-electron chi connectivity index (χ1n) is 5.14. The van der Waals surface area contributed by atoms with E-state index in [9.17, 15) is 0 Å². The van der Waals surface area contributed by atoms with Gasteiger partial charge in [0, 0.05) is 11.6 Å². The smallest absolute Gasteiger partial charge is 0.0341 e. The highest BCUT2D eigenvalue weighted by molar-refractivity contribution is 5.13. The van der Waals surface area contributed by atoms with E-state index >= 15 is 0 Å². The van der Waals surface area contributed by atoms with Crippen molar-refractivity contribution in [1.29, 1.82) is 0 Å². The van der Waals surface area contributed by atoms with Crippen molar-refractivity contribution in [3.63, 3.8) is 0 Å². The van der Waals surface area contributed by atoms with Crippen LogP contribution in [-0.2, 0) is 0 Å². The van der Waals surface area contributed by atoms with Gasteiger partial charge in [-0.2, -0.15) is 0 Å². The van der Waals surface area contributed by atoms with Crippen molar-refractivity contribution in [3.05, 3.63) is 0 Å². The van der Waals surface area contributed by atoms with E-state index in [1.165, 1.54) is 32.2 Å². The molecule has 0 aromatic heterocycles. The molecule has 1 aliphatic carbocycles. The number of hydrogen-bond donors (Lipinski definition) is 1. The second kappa shape index (κ2) is 2.71. The molecule has 0 bridgehead atoms. The molecule has 2 heteroatoms. The molecule has 2 rings (SSSR count). The average molecular weight is 168 g/mol. The third-order valence-corrected chi connectivity index (χ3v) is 3.81. The van der Waals surface area contributed by atoms with Gasteiger partial charge in [0.25, 0.3) is 0 Å². The Morgan fingerprint density at radius 1 is 1.42 bits per heavy atom. The summed E-state index contributed by atoms with van der Waals surface area (Å²) in [5.41, 5.74) is 6.49. The van der Waals surface area contributed by atoms with Gasteiger partial charge in [-0.05, 0) is 38.8 Å². The van der Waals surface area contributed by atoms with Crippen molar-refractivity contribution in [1.82, 2.24) is 4.90 Å². The summed E-state index contributed by atoms with van der Waals surface area (Å²) in [7, 11) is 2.23. The van der Waals surface area contributed by atoms with Crippen molar-refractivity contribution in [3.8, 4) is 0 Å². The van der Waals surface area contributed by atoms with Gasteiger partial charge in [-0.15, -0.1) is 0 Å². The summed E-state index contributed by atoms with van der Waals surface area (Å²) in [6, 6.07) is 0.668. The quantitative estimate of drug-likeness (QED) is 0.637. The number of nitrogens with two attached hydrogens (primary N) is 1. The largest absolute Gasteiger partial charge is 0.324 e. The van der Waals surface area contributed by atoms with Crippen molar-refractivity contribution in [2.75, 3.05) is 13.6 Å². The maximum Gasteiger partial charge on any atom is 0.0341 e. The highest BCUT2D eigenvalue weighted by Crippen LogP contribution is 2.47. The van der Waals surface area contributed by atoms with Crippen LogP contribution < -0.4 is 5.73 Å². The molecule has 70 valence electrons. The van der Waals surface area contributed by atoms with Crippen LogP contribution in [0.1, 0.15) is 32.6 Å². The monoisotopic (exact) mass is 168 g/mol. The maximum absolute atomic E-state index is 6.31. The van der Waals surface area contributed by atoms with Crippen LogP contribution >= 0.6 is 0 Å². The van der Waals surface area contributed by atoms with Crippen molar-refractivity contribution in [2.45, 2.75) is 44.2 Å². The number of likely N-dealkylation sites (N-methyl/N-ethyl adjacent to an activating group) is 1. The Bertz CT molecular complexity index is 181. The lowest BCUT2D eigenvalue weighted by Crippen LogP contribution is -2.51. The van der Waals surface area contributed by atoms with Gasteiger partial charge < -0.3 is 10.6 Å². The van der Waals surface area contributed by atoms with Crippen LogP contribution in [0.15, 0.2) is 0 Å². The summed E-state index contributed by atoms with van der Waals surface area (Å²) in [5, 5.41) is 0. The number of nitrogens with zero attached hydrogens (tertiary/aromatic N) is 1. The molecule has 2 aliphatic rings. The molecule has 0 amide bonds. The molecule has 0 radical (unpaired) electrons. The third kappa shape index (κ3) is 1.17. The fraction of sp³-hybridized carbons (Fsp3) is 1.00. The molecule has 2 N–H and O–H groups in total. The van der Waals surface area contributed by atoms with Gasteiger partial charge in [0.1, 0.15) is 0 Å². The van der Waals surface area contributed by atoms with E-state index in [0.29, 0.717) is 6.04 Å². The maximum atomic E-state index is 6.31. The van der Waals surface area contributed by atoms with Gasteiger partial charge in [0.2, 0.25) is 0 Å². The molecule has 1 heterocycles. The number of piperidine rings is 1. The van der Waals surface area contributed by atoms with Crippen LogP contribution in [0.2, 0.25) is 0 Å². The van der Waals surface area contributed by atoms with Gasteiger partial charge in [-0.3, -0.25) is 0 Å². The third-order valence-electron chi connectivity index (χ3n) is 3.81. The lowest BCUT2D eigenvalue weighted by atomic mass is 9.93. The van der Waals surface area contributed by atoms with Crippen LogP contribution in [-0.4, -0.2) is 30.1 Å². The first kappa shape index (κ1) is 8.52. The van der Waals surface area contributed by atoms with Crippen LogP contribution in [0.3, 0.4) is 0 Å². The number of rotatable bonds is 1. The Morgan fingerprint density at radius 3 is 2.58 bits per heavy atom. The second-order valence-corrected chi connectivity index (χ2v) is 4.71. The van der Waals surface area contributed by atoms with Crippen LogP contribution in [0, 0.1) is 5.92 Å². The molecule has 3 unspecified atom stereocenters. The molecule has 1 saturated heterocycles. The van der Waals surface area contributed by atoms with E-state index in [-0.39, 0.29) is 5.54 Å². The van der Waals surface area contributed by atoms with E-state index in [2.05, 4.69) is 18.9 Å². The molecule has 2 fully saturated rings. The molecule has 0 aromatic carbocycles. The first-order chi connectivity index (χ1) is 5.64. The van der Waals surface area contributed by atoms with Crippen LogP contribution in [0.5, 0.6) is 0 Å². The predicted octanol–water partition coefficient (Wildman–Crippen LogP) is 1.21. The Balaban J connectivity index is 2.02. The van der Waals surface area contributed by atoms with E-state index in [0.717, 1.165) is 5.92 Å². The lowest BCUT2D eigenvalue weighted by molar-refractivity contribution is 0.146. The molecular formula is C10H20N2. The fourth-order valence-corrected chi connectivity index (χ4v) is 2.69. The van der Waals surface area contributed by atoms with Gasteiger partial charge in [-0.1, -0.05) is 13.3 Å². The van der Waals surface area contributed by atoms with E-state index < -0.39 is 0 Å². The van der Waals surface area contributed by atoms with Crippen molar-refractivity contribution < 1.29 is 0 Å². The highest BCUT2D eigenvalue weighted by Gasteiger charge is 2.54. The fourth-order valence-electron chi connectivity index (χ4n) is 2.69. The Labute approximate surface area is 75.1 Å². The molecule has 3 atom stereocenters. The van der Waals surface area contributed by atoms with Gasteiger partial charge in [-0.25, -0.2) is 0 Å². The zero-order chi connectivity index (χ0) is 8.77. The first-order valence-corrected chi connectivity index (χ1v) is 5.14. The van der Waals surface area contributed by atoms with Crippen LogP contribution in [0.4, 0.5) is 0 Å². The Morgan fingerprint density at radius 2 is 2.08 bits per heavy atom. The summed E-state index contributed by atoms with van der Waals surface area (Å²) in [4.78, 5) is 2.47. The Hall–Kier alpha value is -0.0800. The van der Waals surface area contributed by atoms with Crippen molar-refractivity contribution >= 4 is 0 Å².